The Morgan fingerprint density at radius 1 is 1.29 bits per heavy atom. The Morgan fingerprint density at radius 3 is 2.48 bits per heavy atom. The van der Waals surface area contributed by atoms with Gasteiger partial charge in [0.15, 0.2) is 0 Å². The number of ether oxygens (including phenoxy) is 1. The minimum atomic E-state index is 0. The highest BCUT2D eigenvalue weighted by molar-refractivity contribution is 5.40. The molecule has 1 fully saturated rings. The van der Waals surface area contributed by atoms with E-state index in [0.29, 0.717) is 17.3 Å². The van der Waals surface area contributed by atoms with Crippen molar-refractivity contribution in [3.05, 3.63) is 36.8 Å². The molecule has 0 spiro atoms. The van der Waals surface area contributed by atoms with Crippen LogP contribution in [0.15, 0.2) is 36.8 Å². The molecule has 4 heteroatoms. The van der Waals surface area contributed by atoms with Gasteiger partial charge in [0, 0.05) is 7.11 Å². The van der Waals surface area contributed by atoms with Crippen LogP contribution in [-0.4, -0.2) is 15.7 Å². The van der Waals surface area contributed by atoms with Gasteiger partial charge in [0.05, 0.1) is 12.3 Å². The molecule has 3 rings (SSSR count). The fourth-order valence-electron chi connectivity index (χ4n) is 3.19. The molecule has 1 saturated carbocycles. The van der Waals surface area contributed by atoms with E-state index >= 15 is 0 Å². The zero-order valence-corrected chi connectivity index (χ0v) is 12.7. The zero-order valence-electron chi connectivity index (χ0n) is 12.7. The van der Waals surface area contributed by atoms with Crippen LogP contribution < -0.4 is 10.5 Å². The molecule has 2 N–H and O–H groups in total. The van der Waals surface area contributed by atoms with Crippen molar-refractivity contribution in [2.24, 2.45) is 5.41 Å². The highest BCUT2D eigenvalue weighted by atomic mass is 16.5. The summed E-state index contributed by atoms with van der Waals surface area (Å²) in [6.07, 6.45) is 8.76. The number of aromatic nitrogens is 2. The van der Waals surface area contributed by atoms with Crippen molar-refractivity contribution in [1.29, 1.82) is 0 Å². The molecule has 0 unspecified atom stereocenters. The lowest BCUT2D eigenvalue weighted by Crippen LogP contribution is -2.43. The predicted molar refractivity (Wildman–Crippen MR) is 86.8 cm³/mol. The summed E-state index contributed by atoms with van der Waals surface area (Å²) in [6, 6.07) is 8.09. The first-order valence-corrected chi connectivity index (χ1v) is 7.71. The van der Waals surface area contributed by atoms with E-state index in [4.69, 9.17) is 10.5 Å². The maximum Gasteiger partial charge on any atom is 0.141 e. The van der Waals surface area contributed by atoms with Gasteiger partial charge in [0.1, 0.15) is 17.9 Å². The highest BCUT2D eigenvalue weighted by Crippen LogP contribution is 2.48. The van der Waals surface area contributed by atoms with Crippen molar-refractivity contribution in [2.75, 3.05) is 5.73 Å². The summed E-state index contributed by atoms with van der Waals surface area (Å²) in [4.78, 5) is 4.03. The minimum Gasteiger partial charge on any atom is -0.490 e. The smallest absolute Gasteiger partial charge is 0.141 e. The molecule has 114 valence electrons. The van der Waals surface area contributed by atoms with Gasteiger partial charge in [0.25, 0.3) is 0 Å². The summed E-state index contributed by atoms with van der Waals surface area (Å²) in [5, 5.41) is 0. The predicted octanol–water partition coefficient (Wildman–Crippen LogP) is 4.05. The largest absolute Gasteiger partial charge is 0.490 e. The molecular formula is C17H25N3O. The van der Waals surface area contributed by atoms with Crippen molar-refractivity contribution < 1.29 is 6.16 Å². The lowest BCUT2D eigenvalue weighted by Gasteiger charge is -2.46. The van der Waals surface area contributed by atoms with Crippen molar-refractivity contribution in [3.8, 4) is 11.4 Å². The van der Waals surface area contributed by atoms with Crippen molar-refractivity contribution in [3.63, 3.8) is 0 Å². The Kier molecular flexibility index (Phi) is 3.62. The molecule has 1 aliphatic rings. The van der Waals surface area contributed by atoms with Crippen LogP contribution in [0, 0.1) is 5.41 Å². The molecular weight excluding hydrogens is 262 g/mol. The van der Waals surface area contributed by atoms with E-state index in [2.05, 4.69) is 18.8 Å². The number of hydrogen-bond donors (Lipinski definition) is 1. The Balaban J connectivity index is 0.00000176. The van der Waals surface area contributed by atoms with Crippen LogP contribution >= 0.6 is 0 Å². The Bertz CT molecular complexity index is 597. The van der Waals surface area contributed by atoms with Gasteiger partial charge in [-0.05, 0) is 42.5 Å². The average Bonchev–Trinajstić information content (AvgIpc) is 2.90. The second kappa shape index (κ2) is 5.43. The molecule has 0 aliphatic heterocycles. The summed E-state index contributed by atoms with van der Waals surface area (Å²) in [6.45, 7) is 4.57. The fourth-order valence-corrected chi connectivity index (χ4v) is 3.19. The van der Waals surface area contributed by atoms with Gasteiger partial charge in [-0.15, -0.1) is 0 Å². The first-order chi connectivity index (χ1) is 10.1. The first-order valence-electron chi connectivity index (χ1n) is 7.71. The Hall–Kier alpha value is -1.97. The standard InChI is InChI=1S/C17H23N3O.H2/c1-3-17(4-2)9-15(10-17)21-14-7-5-13(6-8-14)20-11-16(18)19-12-20;/h5-8,11-12,15H,3-4,9-10,18H2,1-2H3;1H. The first kappa shape index (κ1) is 14.0. The molecule has 0 amide bonds. The van der Waals surface area contributed by atoms with E-state index in [0.717, 1.165) is 11.4 Å². The van der Waals surface area contributed by atoms with Crippen LogP contribution in [0.5, 0.6) is 5.75 Å². The van der Waals surface area contributed by atoms with Gasteiger partial charge in [-0.2, -0.15) is 0 Å². The number of nitrogen functional groups attached to an aromatic ring is 1. The molecule has 21 heavy (non-hydrogen) atoms. The third-order valence-corrected chi connectivity index (χ3v) is 4.86. The lowest BCUT2D eigenvalue weighted by molar-refractivity contribution is -0.0205. The highest BCUT2D eigenvalue weighted by Gasteiger charge is 2.42. The number of rotatable bonds is 5. The quantitative estimate of drug-likeness (QED) is 0.902. The monoisotopic (exact) mass is 287 g/mol. The average molecular weight is 287 g/mol. The van der Waals surface area contributed by atoms with Gasteiger partial charge in [-0.3, -0.25) is 0 Å². The minimum absolute atomic E-state index is 0. The van der Waals surface area contributed by atoms with Crippen LogP contribution in [0.1, 0.15) is 41.0 Å². The molecule has 0 saturated heterocycles. The second-order valence-electron chi connectivity index (χ2n) is 6.05. The summed E-state index contributed by atoms with van der Waals surface area (Å²) >= 11 is 0. The maximum absolute atomic E-state index is 6.06. The van der Waals surface area contributed by atoms with Crippen LogP contribution in [-0.2, 0) is 0 Å². The van der Waals surface area contributed by atoms with E-state index in [1.54, 1.807) is 12.5 Å². The number of nitrogens with two attached hydrogens (primary N) is 1. The normalized spacial score (nSPS) is 17.4. The van der Waals surface area contributed by atoms with E-state index in [1.165, 1.54) is 25.7 Å². The van der Waals surface area contributed by atoms with Gasteiger partial charge >= 0.3 is 0 Å². The summed E-state index contributed by atoms with van der Waals surface area (Å²) < 4.78 is 7.96. The van der Waals surface area contributed by atoms with Gasteiger partial charge < -0.3 is 15.0 Å². The molecule has 0 bridgehead atoms. The van der Waals surface area contributed by atoms with Crippen molar-refractivity contribution in [1.82, 2.24) is 9.55 Å². The molecule has 0 atom stereocenters. The SMILES string of the molecule is CCC1(CC)CC(Oc2ccc(-n3cnc(N)c3)cc2)C1.[HH]. The van der Waals surface area contributed by atoms with E-state index < -0.39 is 0 Å². The molecule has 1 aromatic carbocycles. The number of imidazole rings is 1. The van der Waals surface area contributed by atoms with E-state index in [9.17, 15) is 0 Å². The maximum atomic E-state index is 6.06. The molecule has 1 aromatic heterocycles. The van der Waals surface area contributed by atoms with Gasteiger partial charge in [-0.1, -0.05) is 26.7 Å². The zero-order chi connectivity index (χ0) is 14.9. The number of hydrogen-bond acceptors (Lipinski definition) is 3. The number of anilines is 1. The summed E-state index contributed by atoms with van der Waals surface area (Å²) in [5.74, 6) is 1.47. The topological polar surface area (TPSA) is 53.1 Å². The number of nitrogens with zero attached hydrogens (tertiary/aromatic N) is 2. The Labute approximate surface area is 127 Å². The van der Waals surface area contributed by atoms with Gasteiger partial charge in [-0.25, -0.2) is 4.98 Å². The molecule has 1 heterocycles. The van der Waals surface area contributed by atoms with E-state index in [1.807, 2.05) is 28.8 Å². The lowest BCUT2D eigenvalue weighted by atomic mass is 9.63. The molecule has 1 aliphatic carbocycles. The third kappa shape index (κ3) is 2.75. The molecule has 2 aromatic rings. The summed E-state index contributed by atoms with van der Waals surface area (Å²) in [7, 11) is 0. The van der Waals surface area contributed by atoms with Crippen LogP contribution in [0.4, 0.5) is 5.82 Å². The van der Waals surface area contributed by atoms with E-state index in [-0.39, 0.29) is 1.43 Å². The molecule has 4 nitrogen and oxygen atoms in total. The van der Waals surface area contributed by atoms with Gasteiger partial charge in [0.2, 0.25) is 0 Å². The fraction of sp³-hybridized carbons (Fsp3) is 0.471. The van der Waals surface area contributed by atoms with Crippen LogP contribution in [0.25, 0.3) is 5.69 Å². The Morgan fingerprint density at radius 2 is 1.95 bits per heavy atom. The van der Waals surface area contributed by atoms with Crippen molar-refractivity contribution >= 4 is 5.82 Å². The summed E-state index contributed by atoms with van der Waals surface area (Å²) in [5.41, 5.74) is 7.20. The second-order valence-corrected chi connectivity index (χ2v) is 6.05. The number of benzene rings is 1. The van der Waals surface area contributed by atoms with Crippen LogP contribution in [0.3, 0.4) is 0 Å². The van der Waals surface area contributed by atoms with Crippen molar-refractivity contribution in [2.45, 2.75) is 45.6 Å². The van der Waals surface area contributed by atoms with Crippen LogP contribution in [0.2, 0.25) is 0 Å². The molecule has 0 radical (unpaired) electrons. The third-order valence-electron chi connectivity index (χ3n) is 4.86.